The van der Waals surface area contributed by atoms with Crippen LogP contribution in [0, 0.1) is 0 Å². The highest BCUT2D eigenvalue weighted by molar-refractivity contribution is 6.39. The summed E-state index contributed by atoms with van der Waals surface area (Å²) in [4.78, 5) is 32.3. The van der Waals surface area contributed by atoms with Gasteiger partial charge in [-0.25, -0.2) is 0 Å². The summed E-state index contributed by atoms with van der Waals surface area (Å²) in [6.07, 6.45) is 1.03. The predicted octanol–water partition coefficient (Wildman–Crippen LogP) is 1.49. The minimum Gasteiger partial charge on any atom is -0.486 e. The molecule has 0 spiro atoms. The van der Waals surface area contributed by atoms with E-state index in [1.165, 1.54) is 16.8 Å². The zero-order valence-electron chi connectivity index (χ0n) is 20.4. The number of benzene rings is 2. The molecule has 2 aromatic rings. The van der Waals surface area contributed by atoms with Crippen LogP contribution in [0.3, 0.4) is 0 Å². The first kappa shape index (κ1) is 23.4. The Labute approximate surface area is 206 Å². The fourth-order valence-corrected chi connectivity index (χ4v) is 4.96. The van der Waals surface area contributed by atoms with Crippen molar-refractivity contribution in [2.75, 3.05) is 76.8 Å². The third kappa shape index (κ3) is 5.21. The third-order valence-corrected chi connectivity index (χ3v) is 7.06. The van der Waals surface area contributed by atoms with Crippen molar-refractivity contribution in [2.24, 2.45) is 0 Å². The Kier molecular flexibility index (Phi) is 6.79. The Balaban J connectivity index is 1.26. The quantitative estimate of drug-likeness (QED) is 0.629. The number of piperazine rings is 1. The number of anilines is 2. The second-order valence-corrected chi connectivity index (χ2v) is 9.44. The van der Waals surface area contributed by atoms with Crippen LogP contribution < -0.4 is 25.0 Å². The molecule has 0 saturated carbocycles. The van der Waals surface area contributed by atoms with Gasteiger partial charge in [-0.1, -0.05) is 12.1 Å². The lowest BCUT2D eigenvalue weighted by atomic mass is 10.00. The van der Waals surface area contributed by atoms with Gasteiger partial charge in [0.05, 0.1) is 6.04 Å². The van der Waals surface area contributed by atoms with Gasteiger partial charge in [0.1, 0.15) is 13.2 Å². The first-order valence-electron chi connectivity index (χ1n) is 12.2. The maximum absolute atomic E-state index is 12.7. The monoisotopic (exact) mass is 479 g/mol. The van der Waals surface area contributed by atoms with Crippen molar-refractivity contribution < 1.29 is 19.1 Å². The van der Waals surface area contributed by atoms with Crippen LogP contribution in [0.5, 0.6) is 11.5 Å². The van der Waals surface area contributed by atoms with Gasteiger partial charge in [-0.3, -0.25) is 14.5 Å². The summed E-state index contributed by atoms with van der Waals surface area (Å²) in [5, 5.41) is 5.54. The summed E-state index contributed by atoms with van der Waals surface area (Å²) in [5.41, 5.74) is 4.28. The number of ether oxygens (including phenoxy) is 2. The maximum Gasteiger partial charge on any atom is 0.313 e. The van der Waals surface area contributed by atoms with Gasteiger partial charge < -0.3 is 29.9 Å². The molecule has 2 amide bonds. The zero-order valence-corrected chi connectivity index (χ0v) is 20.4. The van der Waals surface area contributed by atoms with Gasteiger partial charge in [-0.2, -0.15) is 0 Å². The van der Waals surface area contributed by atoms with Crippen LogP contribution >= 0.6 is 0 Å². The second-order valence-electron chi connectivity index (χ2n) is 9.44. The lowest BCUT2D eigenvalue weighted by molar-refractivity contribution is -0.136. The summed E-state index contributed by atoms with van der Waals surface area (Å²) in [6, 6.07) is 11.7. The second kappa shape index (κ2) is 10.1. The van der Waals surface area contributed by atoms with Crippen LogP contribution in [0.25, 0.3) is 0 Å². The molecule has 1 fully saturated rings. The Bertz CT molecular complexity index is 1100. The number of hydrogen-bond donors (Lipinski definition) is 2. The fourth-order valence-electron chi connectivity index (χ4n) is 4.96. The summed E-state index contributed by atoms with van der Waals surface area (Å²) in [5.74, 6) is -0.157. The normalized spacial score (nSPS) is 18.6. The molecular formula is C26H33N5O4. The van der Waals surface area contributed by atoms with Gasteiger partial charge >= 0.3 is 11.8 Å². The van der Waals surface area contributed by atoms with Crippen molar-refractivity contribution in [1.82, 2.24) is 15.1 Å². The van der Waals surface area contributed by atoms with E-state index in [1.807, 2.05) is 0 Å². The molecule has 2 N–H and O–H groups in total. The van der Waals surface area contributed by atoms with Crippen molar-refractivity contribution in [1.29, 1.82) is 0 Å². The van der Waals surface area contributed by atoms with E-state index in [1.54, 1.807) is 18.2 Å². The minimum absolute atomic E-state index is 0.00551. The average molecular weight is 480 g/mol. The van der Waals surface area contributed by atoms with Crippen LogP contribution in [-0.4, -0.2) is 88.2 Å². The Morgan fingerprint density at radius 1 is 0.914 bits per heavy atom. The van der Waals surface area contributed by atoms with Gasteiger partial charge in [0.15, 0.2) is 11.5 Å². The molecule has 0 bridgehead atoms. The van der Waals surface area contributed by atoms with Gasteiger partial charge in [-0.15, -0.1) is 0 Å². The zero-order chi connectivity index (χ0) is 24.4. The largest absolute Gasteiger partial charge is 0.486 e. The molecule has 0 aromatic heterocycles. The van der Waals surface area contributed by atoms with Gasteiger partial charge in [0.2, 0.25) is 0 Å². The van der Waals surface area contributed by atoms with Crippen LogP contribution in [0.1, 0.15) is 17.2 Å². The van der Waals surface area contributed by atoms with Crippen molar-refractivity contribution in [3.05, 3.63) is 47.5 Å². The molecule has 9 heteroatoms. The van der Waals surface area contributed by atoms with E-state index in [2.05, 4.69) is 57.6 Å². The number of amides is 2. The highest BCUT2D eigenvalue weighted by atomic mass is 16.6. The molecule has 0 radical (unpaired) electrons. The van der Waals surface area contributed by atoms with Crippen LogP contribution in [-0.2, 0) is 16.0 Å². The number of fused-ring (bicyclic) bond motifs is 2. The number of nitrogens with one attached hydrogen (secondary N) is 2. The molecule has 35 heavy (non-hydrogen) atoms. The average Bonchev–Trinajstić information content (AvgIpc) is 3.25. The molecule has 1 saturated heterocycles. The number of rotatable bonds is 5. The Morgan fingerprint density at radius 2 is 1.69 bits per heavy atom. The molecule has 186 valence electrons. The number of nitrogens with zero attached hydrogens (tertiary/aromatic N) is 3. The molecule has 3 aliphatic rings. The molecule has 5 rings (SSSR count). The Hall–Kier alpha value is -3.30. The van der Waals surface area contributed by atoms with Gasteiger partial charge in [0, 0.05) is 63.8 Å². The summed E-state index contributed by atoms with van der Waals surface area (Å²) >= 11 is 0. The first-order valence-corrected chi connectivity index (χ1v) is 12.2. The number of carbonyl (C=O) groups is 2. The highest BCUT2D eigenvalue weighted by Crippen LogP contribution is 2.33. The molecule has 0 aliphatic carbocycles. The topological polar surface area (TPSA) is 86.4 Å². The number of hydrogen-bond acceptors (Lipinski definition) is 7. The van der Waals surface area contributed by atoms with E-state index >= 15 is 0 Å². The SMILES string of the molecule is CN1CCN([C@@H](CNC(=O)C(=O)Nc2ccc3c(c2)OCCO3)c2ccc3c(c2)CCN3C)CC1. The van der Waals surface area contributed by atoms with E-state index in [0.717, 1.165) is 39.1 Å². The predicted molar refractivity (Wildman–Crippen MR) is 134 cm³/mol. The lowest BCUT2D eigenvalue weighted by Gasteiger charge is -2.38. The molecule has 9 nitrogen and oxygen atoms in total. The van der Waals surface area contributed by atoms with E-state index in [0.29, 0.717) is 36.9 Å². The maximum atomic E-state index is 12.7. The summed E-state index contributed by atoms with van der Waals surface area (Å²) in [7, 11) is 4.24. The summed E-state index contributed by atoms with van der Waals surface area (Å²) in [6.45, 7) is 6.12. The van der Waals surface area contributed by atoms with Crippen molar-refractivity contribution >= 4 is 23.2 Å². The minimum atomic E-state index is -0.700. The Morgan fingerprint density at radius 3 is 2.49 bits per heavy atom. The lowest BCUT2D eigenvalue weighted by Crippen LogP contribution is -2.49. The van der Waals surface area contributed by atoms with Gasteiger partial charge in [-0.05, 0) is 42.8 Å². The standard InChI is InChI=1S/C26H33N5O4/c1-29-9-11-31(12-10-29)22(18-3-5-21-19(15-18)7-8-30(21)2)17-27-25(32)26(33)28-20-4-6-23-24(16-20)35-14-13-34-23/h3-6,15-16,22H,7-14,17H2,1-2H3,(H,27,32)(H,28,33)/t22-/m0/s1. The molecule has 3 heterocycles. The fraction of sp³-hybridized carbons (Fsp3) is 0.462. The van der Waals surface area contributed by atoms with E-state index in [-0.39, 0.29) is 6.04 Å². The first-order chi connectivity index (χ1) is 17.0. The third-order valence-electron chi connectivity index (χ3n) is 7.06. The van der Waals surface area contributed by atoms with Gasteiger partial charge in [0.25, 0.3) is 0 Å². The van der Waals surface area contributed by atoms with Crippen LogP contribution in [0.15, 0.2) is 36.4 Å². The van der Waals surface area contributed by atoms with Crippen molar-refractivity contribution in [3.63, 3.8) is 0 Å². The smallest absolute Gasteiger partial charge is 0.313 e. The van der Waals surface area contributed by atoms with E-state index in [9.17, 15) is 9.59 Å². The van der Waals surface area contributed by atoms with Crippen LogP contribution in [0.2, 0.25) is 0 Å². The molecular weight excluding hydrogens is 446 g/mol. The van der Waals surface area contributed by atoms with Crippen LogP contribution in [0.4, 0.5) is 11.4 Å². The highest BCUT2D eigenvalue weighted by Gasteiger charge is 2.27. The molecule has 3 aliphatic heterocycles. The number of carbonyl (C=O) groups excluding carboxylic acids is 2. The van der Waals surface area contributed by atoms with E-state index < -0.39 is 11.8 Å². The van der Waals surface area contributed by atoms with Crippen molar-refractivity contribution in [3.8, 4) is 11.5 Å². The molecule has 2 aromatic carbocycles. The van der Waals surface area contributed by atoms with Crippen molar-refractivity contribution in [2.45, 2.75) is 12.5 Å². The molecule has 0 unspecified atom stereocenters. The molecule has 1 atom stereocenters. The summed E-state index contributed by atoms with van der Waals surface area (Å²) < 4.78 is 11.1. The van der Waals surface area contributed by atoms with E-state index in [4.69, 9.17) is 9.47 Å². The number of likely N-dealkylation sites (N-methyl/N-ethyl adjacent to an activating group) is 2.